The second kappa shape index (κ2) is 9.27. The third-order valence-corrected chi connectivity index (χ3v) is 6.38. The van der Waals surface area contributed by atoms with Crippen molar-refractivity contribution >= 4 is 50.4 Å². The Labute approximate surface area is 195 Å². The monoisotopic (exact) mass is 451 g/mol. The Balaban J connectivity index is 1.35. The van der Waals surface area contributed by atoms with Crippen LogP contribution in [0.25, 0.3) is 33.1 Å². The summed E-state index contributed by atoms with van der Waals surface area (Å²) in [6.45, 7) is 0.402. The number of carbonyl (C=O) groups excluding carboxylic acids is 1. The summed E-state index contributed by atoms with van der Waals surface area (Å²) in [5.41, 5.74) is 3.51. The number of para-hydroxylation sites is 1. The van der Waals surface area contributed by atoms with Gasteiger partial charge in [-0.3, -0.25) is 0 Å². The Kier molecular flexibility index (Phi) is 5.87. The number of rotatable bonds is 6. The lowest BCUT2D eigenvalue weighted by atomic mass is 10.1. The molecule has 0 bridgehead atoms. The lowest BCUT2D eigenvalue weighted by Gasteiger charge is -2.09. The largest absolute Gasteiger partial charge is 0.488 e. The number of fused-ring (bicyclic) bond motifs is 3. The van der Waals surface area contributed by atoms with Gasteiger partial charge in [0.2, 0.25) is 0 Å². The normalized spacial score (nSPS) is 11.3. The molecule has 4 aromatic carbocycles. The molecule has 5 aromatic rings. The van der Waals surface area contributed by atoms with E-state index in [1.807, 2.05) is 60.7 Å². The zero-order valence-electron chi connectivity index (χ0n) is 18.0. The molecule has 0 atom stereocenters. The van der Waals surface area contributed by atoms with Gasteiger partial charge in [-0.1, -0.05) is 60.7 Å². The van der Waals surface area contributed by atoms with Crippen LogP contribution in [0.5, 0.6) is 5.75 Å². The Morgan fingerprint density at radius 3 is 2.55 bits per heavy atom. The number of benzene rings is 4. The SMILES string of the molecule is COC(=O)c1ccc(COc2ccccc2C=Cc2nc3c(ccc4ccccc43)s2)cc1. The van der Waals surface area contributed by atoms with Crippen molar-refractivity contribution in [1.82, 2.24) is 4.98 Å². The average Bonchev–Trinajstić information content (AvgIpc) is 3.30. The van der Waals surface area contributed by atoms with Crippen LogP contribution in [0.1, 0.15) is 26.5 Å². The lowest BCUT2D eigenvalue weighted by Crippen LogP contribution is -2.02. The third kappa shape index (κ3) is 4.49. The maximum absolute atomic E-state index is 11.6. The molecule has 4 nitrogen and oxygen atoms in total. The molecule has 0 fully saturated rings. The van der Waals surface area contributed by atoms with Gasteiger partial charge in [0, 0.05) is 10.9 Å². The van der Waals surface area contributed by atoms with E-state index in [1.54, 1.807) is 23.5 Å². The Bertz CT molecular complexity index is 1470. The van der Waals surface area contributed by atoms with E-state index in [1.165, 1.54) is 22.6 Å². The molecule has 0 aliphatic rings. The first-order chi connectivity index (χ1) is 16.2. The maximum atomic E-state index is 11.6. The highest BCUT2D eigenvalue weighted by atomic mass is 32.1. The van der Waals surface area contributed by atoms with E-state index in [2.05, 4.69) is 24.3 Å². The highest BCUT2D eigenvalue weighted by molar-refractivity contribution is 7.19. The number of hydrogen-bond acceptors (Lipinski definition) is 5. The number of hydrogen-bond donors (Lipinski definition) is 0. The summed E-state index contributed by atoms with van der Waals surface area (Å²) in [5, 5.41) is 3.33. The minimum Gasteiger partial charge on any atom is -0.488 e. The van der Waals surface area contributed by atoms with Crippen LogP contribution in [0.2, 0.25) is 0 Å². The molecule has 1 heterocycles. The zero-order chi connectivity index (χ0) is 22.6. The molecule has 5 heteroatoms. The smallest absolute Gasteiger partial charge is 0.337 e. The summed E-state index contributed by atoms with van der Waals surface area (Å²) >= 11 is 1.68. The Morgan fingerprint density at radius 1 is 0.909 bits per heavy atom. The number of carbonyl (C=O) groups is 1. The van der Waals surface area contributed by atoms with E-state index >= 15 is 0 Å². The van der Waals surface area contributed by atoms with Crippen LogP contribution in [0, 0.1) is 0 Å². The second-order valence-corrected chi connectivity index (χ2v) is 8.60. The van der Waals surface area contributed by atoms with Crippen LogP contribution < -0.4 is 4.74 Å². The number of nitrogens with zero attached hydrogens (tertiary/aromatic N) is 1. The minimum atomic E-state index is -0.346. The predicted octanol–water partition coefficient (Wildman–Crippen LogP) is 6.99. The number of esters is 1. The molecular formula is C28H21NO3S. The van der Waals surface area contributed by atoms with Crippen molar-refractivity contribution in [2.75, 3.05) is 7.11 Å². The topological polar surface area (TPSA) is 48.4 Å². The van der Waals surface area contributed by atoms with E-state index in [4.69, 9.17) is 14.5 Å². The third-order valence-electron chi connectivity index (χ3n) is 5.39. The first kappa shape index (κ1) is 20.9. The standard InChI is InChI=1S/C28H21NO3S/c1-31-28(30)22-12-10-19(11-13-22)18-32-24-9-5-3-7-21(24)15-17-26-29-27-23-8-4-2-6-20(23)14-16-25(27)33-26/h2-17H,18H2,1H3. The summed E-state index contributed by atoms with van der Waals surface area (Å²) in [7, 11) is 1.38. The Hall–Kier alpha value is -3.96. The Morgan fingerprint density at radius 2 is 1.70 bits per heavy atom. The second-order valence-electron chi connectivity index (χ2n) is 7.53. The fourth-order valence-electron chi connectivity index (χ4n) is 3.68. The van der Waals surface area contributed by atoms with E-state index in [9.17, 15) is 4.79 Å². The number of methoxy groups -OCH3 is 1. The predicted molar refractivity (Wildman–Crippen MR) is 135 cm³/mol. The molecule has 0 radical (unpaired) electrons. The van der Waals surface area contributed by atoms with Crippen molar-refractivity contribution in [3.05, 3.63) is 107 Å². The van der Waals surface area contributed by atoms with Gasteiger partial charge in [0.25, 0.3) is 0 Å². The first-order valence-corrected chi connectivity index (χ1v) is 11.4. The van der Waals surface area contributed by atoms with Gasteiger partial charge in [-0.05, 0) is 47.4 Å². The average molecular weight is 452 g/mol. The fraction of sp³-hybridized carbons (Fsp3) is 0.0714. The molecule has 0 spiro atoms. The maximum Gasteiger partial charge on any atom is 0.337 e. The van der Waals surface area contributed by atoms with Gasteiger partial charge in [-0.25, -0.2) is 9.78 Å². The van der Waals surface area contributed by atoms with Gasteiger partial charge in [0.1, 0.15) is 17.4 Å². The lowest BCUT2D eigenvalue weighted by molar-refractivity contribution is 0.0600. The molecule has 0 aliphatic heterocycles. The van der Waals surface area contributed by atoms with Crippen LogP contribution in [-0.4, -0.2) is 18.1 Å². The van der Waals surface area contributed by atoms with Crippen LogP contribution in [0.4, 0.5) is 0 Å². The molecule has 33 heavy (non-hydrogen) atoms. The molecule has 0 unspecified atom stereocenters. The quantitative estimate of drug-likeness (QED) is 0.261. The van der Waals surface area contributed by atoms with E-state index in [-0.39, 0.29) is 5.97 Å². The summed E-state index contributed by atoms with van der Waals surface area (Å²) in [6.07, 6.45) is 4.07. The summed E-state index contributed by atoms with van der Waals surface area (Å²) < 4.78 is 12.0. The summed E-state index contributed by atoms with van der Waals surface area (Å²) in [6, 6.07) is 27.8. The highest BCUT2D eigenvalue weighted by Crippen LogP contribution is 2.30. The molecular weight excluding hydrogens is 430 g/mol. The number of thiazole rings is 1. The van der Waals surface area contributed by atoms with Crippen LogP contribution in [-0.2, 0) is 11.3 Å². The van der Waals surface area contributed by atoms with Crippen LogP contribution in [0.3, 0.4) is 0 Å². The van der Waals surface area contributed by atoms with Crippen molar-refractivity contribution in [3.63, 3.8) is 0 Å². The minimum absolute atomic E-state index is 0.346. The van der Waals surface area contributed by atoms with Crippen molar-refractivity contribution in [1.29, 1.82) is 0 Å². The number of aromatic nitrogens is 1. The molecule has 5 rings (SSSR count). The summed E-state index contributed by atoms with van der Waals surface area (Å²) in [4.78, 5) is 16.5. The molecule has 0 amide bonds. The van der Waals surface area contributed by atoms with Gasteiger partial charge in [0.05, 0.1) is 22.9 Å². The molecule has 0 N–H and O–H groups in total. The van der Waals surface area contributed by atoms with Crippen LogP contribution in [0.15, 0.2) is 84.9 Å². The van der Waals surface area contributed by atoms with Crippen molar-refractivity contribution in [2.45, 2.75) is 6.61 Å². The van der Waals surface area contributed by atoms with Crippen molar-refractivity contribution in [2.24, 2.45) is 0 Å². The van der Waals surface area contributed by atoms with E-state index in [0.29, 0.717) is 12.2 Å². The highest BCUT2D eigenvalue weighted by Gasteiger charge is 2.07. The molecule has 0 saturated heterocycles. The van der Waals surface area contributed by atoms with Gasteiger partial charge >= 0.3 is 5.97 Å². The van der Waals surface area contributed by atoms with Gasteiger partial charge in [-0.15, -0.1) is 11.3 Å². The fourth-order valence-corrected chi connectivity index (χ4v) is 4.56. The van der Waals surface area contributed by atoms with Crippen molar-refractivity contribution in [3.8, 4) is 5.75 Å². The molecule has 0 saturated carbocycles. The zero-order valence-corrected chi connectivity index (χ0v) is 18.8. The van der Waals surface area contributed by atoms with Gasteiger partial charge in [0.15, 0.2) is 0 Å². The van der Waals surface area contributed by atoms with Crippen LogP contribution >= 0.6 is 11.3 Å². The number of ether oxygens (including phenoxy) is 2. The van der Waals surface area contributed by atoms with E-state index < -0.39 is 0 Å². The molecule has 162 valence electrons. The van der Waals surface area contributed by atoms with Gasteiger partial charge in [-0.2, -0.15) is 0 Å². The van der Waals surface area contributed by atoms with Crippen molar-refractivity contribution < 1.29 is 14.3 Å². The summed E-state index contributed by atoms with van der Waals surface area (Å²) in [5.74, 6) is 0.443. The van der Waals surface area contributed by atoms with Gasteiger partial charge < -0.3 is 9.47 Å². The molecule has 0 aliphatic carbocycles. The molecule has 1 aromatic heterocycles. The first-order valence-electron chi connectivity index (χ1n) is 10.6. The van der Waals surface area contributed by atoms with E-state index in [0.717, 1.165) is 27.4 Å².